The number of alkyl carbamates (subject to hydrolysis) is 1. The van der Waals surface area contributed by atoms with E-state index in [-0.39, 0.29) is 12.6 Å². The average Bonchev–Trinajstić information content (AvgIpc) is 3.16. The van der Waals surface area contributed by atoms with Crippen LogP contribution in [-0.2, 0) is 17.8 Å². The molecular weight excluding hydrogens is 304 g/mol. The number of aromatic amines is 1. The molecule has 0 fully saturated rings. The van der Waals surface area contributed by atoms with Gasteiger partial charge in [-0.25, -0.2) is 4.79 Å². The van der Waals surface area contributed by atoms with Crippen molar-refractivity contribution in [3.05, 3.63) is 83.7 Å². The molecule has 0 aliphatic rings. The number of hydrogen-bond acceptors (Lipinski definition) is 4. The Balaban J connectivity index is 1.62. The molecule has 0 radical (unpaired) electrons. The van der Waals surface area contributed by atoms with Gasteiger partial charge in [-0.3, -0.25) is 0 Å². The van der Waals surface area contributed by atoms with Crippen molar-refractivity contribution in [3.63, 3.8) is 0 Å². The number of aromatic nitrogens is 3. The number of H-pyrrole nitrogens is 1. The Bertz CT molecular complexity index is 745. The van der Waals surface area contributed by atoms with Gasteiger partial charge in [-0.1, -0.05) is 60.7 Å². The van der Waals surface area contributed by atoms with Crippen LogP contribution in [0.2, 0.25) is 0 Å². The van der Waals surface area contributed by atoms with Crippen molar-refractivity contribution in [1.29, 1.82) is 0 Å². The van der Waals surface area contributed by atoms with E-state index in [1.54, 1.807) is 6.20 Å². The minimum Gasteiger partial charge on any atom is -0.445 e. The van der Waals surface area contributed by atoms with E-state index in [0.29, 0.717) is 12.1 Å². The monoisotopic (exact) mass is 322 g/mol. The van der Waals surface area contributed by atoms with Crippen molar-refractivity contribution in [3.8, 4) is 0 Å². The summed E-state index contributed by atoms with van der Waals surface area (Å²) in [5, 5.41) is 13.3. The van der Waals surface area contributed by atoms with Crippen molar-refractivity contribution >= 4 is 6.09 Å². The fraction of sp³-hybridized carbons (Fsp3) is 0.167. The van der Waals surface area contributed by atoms with Crippen molar-refractivity contribution in [2.45, 2.75) is 19.1 Å². The number of amides is 1. The molecule has 2 N–H and O–H groups in total. The molecule has 0 saturated carbocycles. The first-order chi connectivity index (χ1) is 11.8. The molecular formula is C18H18N4O2. The molecule has 6 nitrogen and oxygen atoms in total. The van der Waals surface area contributed by atoms with Gasteiger partial charge in [0, 0.05) is 0 Å². The first kappa shape index (κ1) is 15.7. The third-order valence-electron chi connectivity index (χ3n) is 3.58. The van der Waals surface area contributed by atoms with E-state index in [1.807, 2.05) is 60.7 Å². The van der Waals surface area contributed by atoms with Crippen molar-refractivity contribution in [2.75, 3.05) is 0 Å². The van der Waals surface area contributed by atoms with Crippen LogP contribution in [0.15, 0.2) is 66.9 Å². The van der Waals surface area contributed by atoms with E-state index in [9.17, 15) is 4.79 Å². The lowest BCUT2D eigenvalue weighted by Gasteiger charge is -2.16. The molecule has 1 aromatic heterocycles. The molecule has 0 aliphatic carbocycles. The average molecular weight is 322 g/mol. The van der Waals surface area contributed by atoms with E-state index >= 15 is 0 Å². The number of nitrogens with zero attached hydrogens (tertiary/aromatic N) is 2. The molecule has 1 heterocycles. The van der Waals surface area contributed by atoms with Crippen LogP contribution in [0.25, 0.3) is 0 Å². The molecule has 0 saturated heterocycles. The summed E-state index contributed by atoms with van der Waals surface area (Å²) in [6.45, 7) is 0.226. The Morgan fingerprint density at radius 3 is 2.33 bits per heavy atom. The fourth-order valence-electron chi connectivity index (χ4n) is 2.36. The highest BCUT2D eigenvalue weighted by molar-refractivity contribution is 5.67. The number of carbonyl (C=O) groups is 1. The highest BCUT2D eigenvalue weighted by atomic mass is 16.5. The number of ether oxygens (including phenoxy) is 1. The van der Waals surface area contributed by atoms with E-state index in [4.69, 9.17) is 4.74 Å². The summed E-state index contributed by atoms with van der Waals surface area (Å²) < 4.78 is 5.29. The van der Waals surface area contributed by atoms with Crippen LogP contribution in [0.5, 0.6) is 0 Å². The van der Waals surface area contributed by atoms with E-state index in [0.717, 1.165) is 11.1 Å². The first-order valence-corrected chi connectivity index (χ1v) is 7.68. The maximum Gasteiger partial charge on any atom is 0.408 e. The van der Waals surface area contributed by atoms with Gasteiger partial charge in [0.2, 0.25) is 0 Å². The molecule has 6 heteroatoms. The highest BCUT2D eigenvalue weighted by Crippen LogP contribution is 2.16. The Hall–Kier alpha value is -3.15. The minimum atomic E-state index is -0.484. The van der Waals surface area contributed by atoms with E-state index < -0.39 is 6.09 Å². The summed E-state index contributed by atoms with van der Waals surface area (Å²) in [6, 6.07) is 19.1. The maximum absolute atomic E-state index is 12.1. The molecule has 0 aliphatic heterocycles. The topological polar surface area (TPSA) is 79.9 Å². The van der Waals surface area contributed by atoms with Crippen LogP contribution >= 0.6 is 0 Å². The molecule has 1 amide bonds. The second-order valence-corrected chi connectivity index (χ2v) is 5.34. The summed E-state index contributed by atoms with van der Waals surface area (Å²) in [5.74, 6) is 0. The largest absolute Gasteiger partial charge is 0.445 e. The number of benzene rings is 2. The van der Waals surface area contributed by atoms with Gasteiger partial charge in [0.25, 0.3) is 0 Å². The summed E-state index contributed by atoms with van der Waals surface area (Å²) >= 11 is 0. The van der Waals surface area contributed by atoms with Crippen LogP contribution in [0.1, 0.15) is 22.9 Å². The molecule has 2 aromatic carbocycles. The third kappa shape index (κ3) is 4.42. The van der Waals surface area contributed by atoms with Crippen LogP contribution in [0.3, 0.4) is 0 Å². The Morgan fingerprint density at radius 1 is 1.04 bits per heavy atom. The lowest BCUT2D eigenvalue weighted by molar-refractivity contribution is 0.135. The Labute approximate surface area is 139 Å². The zero-order valence-corrected chi connectivity index (χ0v) is 13.1. The molecule has 24 heavy (non-hydrogen) atoms. The van der Waals surface area contributed by atoms with Gasteiger partial charge in [0.1, 0.15) is 12.3 Å². The van der Waals surface area contributed by atoms with E-state index in [1.165, 1.54) is 0 Å². The zero-order valence-electron chi connectivity index (χ0n) is 13.1. The quantitative estimate of drug-likeness (QED) is 0.731. The molecule has 122 valence electrons. The lowest BCUT2D eigenvalue weighted by atomic mass is 10.0. The van der Waals surface area contributed by atoms with Crippen molar-refractivity contribution in [2.24, 2.45) is 0 Å². The maximum atomic E-state index is 12.1. The minimum absolute atomic E-state index is 0.226. The Morgan fingerprint density at radius 2 is 1.71 bits per heavy atom. The van der Waals surface area contributed by atoms with Gasteiger partial charge in [0.05, 0.1) is 12.2 Å². The first-order valence-electron chi connectivity index (χ1n) is 7.68. The SMILES string of the molecule is O=C(N[C@@H](Cc1ccccc1)c1cn[nH]n1)OCc1ccccc1. The molecule has 0 spiro atoms. The molecule has 3 aromatic rings. The number of nitrogens with one attached hydrogen (secondary N) is 2. The molecule has 1 atom stereocenters. The summed E-state index contributed by atoms with van der Waals surface area (Å²) in [6.07, 6.45) is 1.72. The second kappa shape index (κ2) is 7.92. The van der Waals surface area contributed by atoms with Gasteiger partial charge in [0.15, 0.2) is 0 Å². The van der Waals surface area contributed by atoms with Gasteiger partial charge >= 0.3 is 6.09 Å². The van der Waals surface area contributed by atoms with Crippen molar-refractivity contribution < 1.29 is 9.53 Å². The molecule has 3 rings (SSSR count). The van der Waals surface area contributed by atoms with Crippen LogP contribution in [-0.4, -0.2) is 21.5 Å². The lowest BCUT2D eigenvalue weighted by Crippen LogP contribution is -2.30. The van der Waals surface area contributed by atoms with Gasteiger partial charge < -0.3 is 10.1 Å². The molecule has 0 bridgehead atoms. The number of hydrogen-bond donors (Lipinski definition) is 2. The predicted octanol–water partition coefficient (Wildman–Crippen LogP) is 3.01. The fourth-order valence-corrected chi connectivity index (χ4v) is 2.36. The van der Waals surface area contributed by atoms with Gasteiger partial charge in [-0.15, -0.1) is 0 Å². The summed E-state index contributed by atoms with van der Waals surface area (Å²) in [4.78, 5) is 12.1. The zero-order chi connectivity index (χ0) is 16.6. The summed E-state index contributed by atoms with van der Waals surface area (Å²) in [7, 11) is 0. The van der Waals surface area contributed by atoms with Gasteiger partial charge in [-0.05, 0) is 17.5 Å². The highest BCUT2D eigenvalue weighted by Gasteiger charge is 2.18. The number of rotatable bonds is 6. The number of carbonyl (C=O) groups excluding carboxylic acids is 1. The standard InChI is InChI=1S/C18H18N4O2/c23-18(24-13-15-9-5-2-6-10-15)20-16(17-12-19-22-21-17)11-14-7-3-1-4-8-14/h1-10,12,16H,11,13H2,(H,20,23)(H,19,21,22)/t16-/m0/s1. The smallest absolute Gasteiger partial charge is 0.408 e. The van der Waals surface area contributed by atoms with Crippen LogP contribution < -0.4 is 5.32 Å². The Kier molecular flexibility index (Phi) is 5.19. The summed E-state index contributed by atoms with van der Waals surface area (Å²) in [5.41, 5.74) is 2.69. The molecule has 0 unspecified atom stereocenters. The second-order valence-electron chi connectivity index (χ2n) is 5.34. The normalized spacial score (nSPS) is 11.7. The van der Waals surface area contributed by atoms with Crippen LogP contribution in [0, 0.1) is 0 Å². The predicted molar refractivity (Wildman–Crippen MR) is 89.0 cm³/mol. The van der Waals surface area contributed by atoms with Gasteiger partial charge in [-0.2, -0.15) is 15.4 Å². The van der Waals surface area contributed by atoms with E-state index in [2.05, 4.69) is 20.7 Å². The third-order valence-corrected chi connectivity index (χ3v) is 3.58. The van der Waals surface area contributed by atoms with Crippen molar-refractivity contribution in [1.82, 2.24) is 20.7 Å². The van der Waals surface area contributed by atoms with Crippen LogP contribution in [0.4, 0.5) is 4.79 Å².